The van der Waals surface area contributed by atoms with Gasteiger partial charge >= 0.3 is 5.97 Å². The van der Waals surface area contributed by atoms with Gasteiger partial charge in [-0.15, -0.1) is 11.3 Å². The van der Waals surface area contributed by atoms with Gasteiger partial charge in [0, 0.05) is 11.8 Å². The van der Waals surface area contributed by atoms with Crippen molar-refractivity contribution in [2.45, 2.75) is 19.3 Å². The molecule has 0 bridgehead atoms. The molecule has 1 aromatic rings. The first kappa shape index (κ1) is 11.5. The van der Waals surface area contributed by atoms with E-state index in [0.29, 0.717) is 5.92 Å². The predicted molar refractivity (Wildman–Crippen MR) is 63.0 cm³/mol. The van der Waals surface area contributed by atoms with Gasteiger partial charge in [-0.1, -0.05) is 0 Å². The van der Waals surface area contributed by atoms with Crippen molar-refractivity contribution in [3.8, 4) is 0 Å². The van der Waals surface area contributed by atoms with Crippen LogP contribution in [0, 0.1) is 5.92 Å². The summed E-state index contributed by atoms with van der Waals surface area (Å²) in [5, 5.41) is 11.4. The van der Waals surface area contributed by atoms with E-state index in [-0.39, 0.29) is 5.69 Å². The van der Waals surface area contributed by atoms with Crippen LogP contribution in [0.1, 0.15) is 28.3 Å². The predicted octanol–water partition coefficient (Wildman–Crippen LogP) is 1.73. The number of carbonyl (C=O) groups is 1. The topological polar surface area (TPSA) is 53.4 Å². The molecule has 0 atom stereocenters. The summed E-state index contributed by atoms with van der Waals surface area (Å²) in [7, 11) is 2.14. The third kappa shape index (κ3) is 2.80. The Hall–Kier alpha value is -0.940. The van der Waals surface area contributed by atoms with Crippen LogP contribution < -0.4 is 0 Å². The Labute approximate surface area is 98.9 Å². The number of nitrogens with zero attached hydrogens (tertiary/aromatic N) is 2. The van der Waals surface area contributed by atoms with Gasteiger partial charge < -0.3 is 10.0 Å². The fourth-order valence-corrected chi connectivity index (χ4v) is 2.90. The number of hydrogen-bond acceptors (Lipinski definition) is 4. The zero-order valence-electron chi connectivity index (χ0n) is 9.35. The number of hydrogen-bond donors (Lipinski definition) is 1. The lowest BCUT2D eigenvalue weighted by Crippen LogP contribution is -2.30. The average molecular weight is 240 g/mol. The van der Waals surface area contributed by atoms with Gasteiger partial charge in [0.2, 0.25) is 0 Å². The average Bonchev–Trinajstić information content (AvgIpc) is 2.70. The molecular formula is C11H16N2O2S. The van der Waals surface area contributed by atoms with Gasteiger partial charge in [-0.25, -0.2) is 9.78 Å². The summed E-state index contributed by atoms with van der Waals surface area (Å²) in [6, 6.07) is 0. The smallest absolute Gasteiger partial charge is 0.355 e. The number of aromatic carboxylic acids is 1. The Morgan fingerprint density at radius 1 is 1.62 bits per heavy atom. The molecule has 0 radical (unpaired) electrons. The van der Waals surface area contributed by atoms with Gasteiger partial charge in [-0.3, -0.25) is 0 Å². The molecule has 1 saturated heterocycles. The minimum absolute atomic E-state index is 0.188. The number of carboxylic acid groups (broad SMARTS) is 1. The molecule has 1 aliphatic rings. The van der Waals surface area contributed by atoms with Crippen LogP contribution in [0.5, 0.6) is 0 Å². The van der Waals surface area contributed by atoms with E-state index in [2.05, 4.69) is 16.9 Å². The van der Waals surface area contributed by atoms with E-state index in [4.69, 9.17) is 5.11 Å². The largest absolute Gasteiger partial charge is 0.476 e. The van der Waals surface area contributed by atoms with Crippen molar-refractivity contribution in [3.05, 3.63) is 16.1 Å². The van der Waals surface area contributed by atoms with Gasteiger partial charge in [-0.05, 0) is 38.9 Å². The van der Waals surface area contributed by atoms with Crippen LogP contribution in [0.4, 0.5) is 0 Å². The first-order valence-corrected chi connectivity index (χ1v) is 6.39. The lowest BCUT2D eigenvalue weighted by molar-refractivity contribution is 0.0691. The Balaban J connectivity index is 1.91. The lowest BCUT2D eigenvalue weighted by Gasteiger charge is -2.28. The van der Waals surface area contributed by atoms with Crippen LogP contribution in [-0.4, -0.2) is 41.1 Å². The first-order chi connectivity index (χ1) is 7.65. The van der Waals surface area contributed by atoms with E-state index < -0.39 is 5.97 Å². The SMILES string of the molecule is CN1CCC(Cc2nc(C(=O)O)cs2)CC1. The Bertz CT molecular complexity index is 370. The number of aromatic nitrogens is 1. The summed E-state index contributed by atoms with van der Waals surface area (Å²) in [5.41, 5.74) is 0.188. The second kappa shape index (κ2) is 4.93. The van der Waals surface area contributed by atoms with Crippen LogP contribution in [0.3, 0.4) is 0 Å². The monoisotopic (exact) mass is 240 g/mol. The summed E-state index contributed by atoms with van der Waals surface area (Å²) in [6.45, 7) is 2.28. The molecule has 0 amide bonds. The van der Waals surface area contributed by atoms with Crippen molar-refractivity contribution in [1.82, 2.24) is 9.88 Å². The minimum atomic E-state index is -0.925. The summed E-state index contributed by atoms with van der Waals surface area (Å²) in [6.07, 6.45) is 3.32. The van der Waals surface area contributed by atoms with Gasteiger partial charge in [0.05, 0.1) is 5.01 Å². The zero-order chi connectivity index (χ0) is 11.5. The van der Waals surface area contributed by atoms with Crippen molar-refractivity contribution in [2.24, 2.45) is 5.92 Å². The highest BCUT2D eigenvalue weighted by Crippen LogP contribution is 2.22. The normalized spacial score (nSPS) is 18.8. The number of thiazole rings is 1. The molecule has 1 aromatic heterocycles. The van der Waals surface area contributed by atoms with E-state index in [1.807, 2.05) is 0 Å². The highest BCUT2D eigenvalue weighted by Gasteiger charge is 2.19. The Kier molecular flexibility index (Phi) is 3.56. The van der Waals surface area contributed by atoms with Crippen LogP contribution >= 0.6 is 11.3 Å². The number of carboxylic acids is 1. The van der Waals surface area contributed by atoms with Crippen LogP contribution in [0.25, 0.3) is 0 Å². The molecule has 2 rings (SSSR count). The number of piperidine rings is 1. The highest BCUT2D eigenvalue weighted by atomic mass is 32.1. The molecular weight excluding hydrogens is 224 g/mol. The molecule has 0 saturated carbocycles. The van der Waals surface area contributed by atoms with Crippen molar-refractivity contribution in [1.29, 1.82) is 0 Å². The van der Waals surface area contributed by atoms with Crippen LogP contribution in [-0.2, 0) is 6.42 Å². The molecule has 88 valence electrons. The maximum absolute atomic E-state index is 10.7. The summed E-state index contributed by atoms with van der Waals surface area (Å²) < 4.78 is 0. The summed E-state index contributed by atoms with van der Waals surface area (Å²) in [4.78, 5) is 17.1. The summed E-state index contributed by atoms with van der Waals surface area (Å²) in [5.74, 6) is -0.255. The van der Waals surface area contributed by atoms with Crippen molar-refractivity contribution in [3.63, 3.8) is 0 Å². The van der Waals surface area contributed by atoms with Gasteiger partial charge in [0.1, 0.15) is 0 Å². The third-order valence-corrected chi connectivity index (χ3v) is 3.94. The van der Waals surface area contributed by atoms with E-state index in [1.165, 1.54) is 24.2 Å². The molecule has 1 N–H and O–H groups in total. The second-order valence-corrected chi connectivity index (χ2v) is 5.33. The van der Waals surface area contributed by atoms with Crippen molar-refractivity contribution < 1.29 is 9.90 Å². The fourth-order valence-electron chi connectivity index (χ4n) is 2.02. The maximum atomic E-state index is 10.7. The molecule has 0 aliphatic carbocycles. The van der Waals surface area contributed by atoms with E-state index in [9.17, 15) is 4.79 Å². The second-order valence-electron chi connectivity index (χ2n) is 4.38. The minimum Gasteiger partial charge on any atom is -0.476 e. The van der Waals surface area contributed by atoms with E-state index >= 15 is 0 Å². The Morgan fingerprint density at radius 2 is 2.31 bits per heavy atom. The molecule has 2 heterocycles. The van der Waals surface area contributed by atoms with E-state index in [1.54, 1.807) is 5.38 Å². The molecule has 5 heteroatoms. The van der Waals surface area contributed by atoms with Crippen LogP contribution in [0.2, 0.25) is 0 Å². The molecule has 0 unspecified atom stereocenters. The third-order valence-electron chi connectivity index (χ3n) is 3.07. The first-order valence-electron chi connectivity index (χ1n) is 5.51. The molecule has 4 nitrogen and oxygen atoms in total. The van der Waals surface area contributed by atoms with Gasteiger partial charge in [0.15, 0.2) is 5.69 Å². The van der Waals surface area contributed by atoms with E-state index in [0.717, 1.165) is 24.5 Å². The van der Waals surface area contributed by atoms with Crippen molar-refractivity contribution in [2.75, 3.05) is 20.1 Å². The number of likely N-dealkylation sites (tertiary alicyclic amines) is 1. The molecule has 1 aliphatic heterocycles. The fraction of sp³-hybridized carbons (Fsp3) is 0.636. The standard InChI is InChI=1S/C11H16N2O2S/c1-13-4-2-8(3-5-13)6-10-12-9(7-16-10)11(14)15/h7-8H,2-6H2,1H3,(H,14,15). The Morgan fingerprint density at radius 3 is 2.88 bits per heavy atom. The van der Waals surface area contributed by atoms with Crippen LogP contribution in [0.15, 0.2) is 5.38 Å². The number of rotatable bonds is 3. The quantitative estimate of drug-likeness (QED) is 0.874. The summed E-state index contributed by atoms with van der Waals surface area (Å²) >= 11 is 1.47. The molecule has 16 heavy (non-hydrogen) atoms. The maximum Gasteiger partial charge on any atom is 0.355 e. The lowest BCUT2D eigenvalue weighted by atomic mass is 9.94. The molecule has 0 spiro atoms. The molecule has 1 fully saturated rings. The van der Waals surface area contributed by atoms with Crippen molar-refractivity contribution >= 4 is 17.3 Å². The highest BCUT2D eigenvalue weighted by molar-refractivity contribution is 7.09. The zero-order valence-corrected chi connectivity index (χ0v) is 10.2. The van der Waals surface area contributed by atoms with Gasteiger partial charge in [0.25, 0.3) is 0 Å². The van der Waals surface area contributed by atoms with Gasteiger partial charge in [-0.2, -0.15) is 0 Å². The molecule has 0 aromatic carbocycles.